The Balaban J connectivity index is 1.72. The number of nitrogens with one attached hydrogen (secondary N) is 2. The van der Waals surface area contributed by atoms with Gasteiger partial charge in [0.2, 0.25) is 5.78 Å². The molecule has 0 saturated carbocycles. The Morgan fingerprint density at radius 3 is 2.24 bits per heavy atom. The number of carbonyl (C=O) groups is 1. The minimum atomic E-state index is -0.519. The molecule has 4 N–H and O–H groups in total. The molecule has 0 saturated heterocycles. The first-order chi connectivity index (χ1) is 16.3. The number of thiocarbonyl (C=S) groups is 1. The zero-order chi connectivity index (χ0) is 24.2. The van der Waals surface area contributed by atoms with E-state index in [4.69, 9.17) is 29.6 Å². The number of carbonyl (C=O) groups excluding carboxylic acids is 1. The normalized spacial score (nSPS) is 10.5. The summed E-state index contributed by atoms with van der Waals surface area (Å²) in [6.07, 6.45) is 0. The van der Waals surface area contributed by atoms with Gasteiger partial charge in [-0.15, -0.1) is 11.3 Å². The topological polar surface area (TPSA) is 110 Å². The third-order valence-corrected chi connectivity index (χ3v) is 6.53. The Kier molecular flexibility index (Phi) is 6.87. The van der Waals surface area contributed by atoms with Crippen LogP contribution in [0.1, 0.15) is 20.8 Å². The lowest BCUT2D eigenvalue weighted by Gasteiger charge is -2.12. The largest absolute Gasteiger partial charge is 0.397 e. The van der Waals surface area contributed by atoms with E-state index in [1.165, 1.54) is 35.6 Å². The number of rotatable bonds is 7. The Morgan fingerprint density at radius 1 is 0.971 bits per heavy atom. The van der Waals surface area contributed by atoms with E-state index in [0.717, 1.165) is 5.69 Å². The van der Waals surface area contributed by atoms with Crippen molar-refractivity contribution in [2.45, 2.75) is 0 Å². The molecule has 170 valence electrons. The number of nitrogens with two attached hydrogens (primary N) is 1. The highest BCUT2D eigenvalue weighted by molar-refractivity contribution is 7.81. The number of hydrogen-bond acceptors (Lipinski definition) is 7. The maximum Gasteiger partial charge on any atom is 0.269 e. The Hall–Kier alpha value is -3.79. The molecule has 0 amide bonds. The van der Waals surface area contributed by atoms with Gasteiger partial charge in [-0.05, 0) is 48.5 Å². The maximum absolute atomic E-state index is 13.2. The second-order valence-corrected chi connectivity index (χ2v) is 9.00. The van der Waals surface area contributed by atoms with Crippen molar-refractivity contribution in [3.8, 4) is 0 Å². The number of thiophene rings is 1. The summed E-state index contributed by atoms with van der Waals surface area (Å²) < 4.78 is 0. The van der Waals surface area contributed by atoms with Gasteiger partial charge >= 0.3 is 0 Å². The van der Waals surface area contributed by atoms with Gasteiger partial charge in [0.25, 0.3) is 5.69 Å². The summed E-state index contributed by atoms with van der Waals surface area (Å²) in [6, 6.07) is 21.8. The van der Waals surface area contributed by atoms with E-state index in [-0.39, 0.29) is 27.6 Å². The minimum absolute atomic E-state index is 0.101. The average molecular weight is 509 g/mol. The van der Waals surface area contributed by atoms with E-state index in [1.54, 1.807) is 24.3 Å². The van der Waals surface area contributed by atoms with Crippen LogP contribution in [0.4, 0.5) is 27.8 Å². The molecule has 0 atom stereocenters. The second-order valence-electron chi connectivity index (χ2n) is 7.13. The molecule has 7 nitrogen and oxygen atoms in total. The fourth-order valence-corrected chi connectivity index (χ4v) is 4.80. The minimum Gasteiger partial charge on any atom is -0.397 e. The number of benzene rings is 3. The molecular weight excluding hydrogens is 492 g/mol. The van der Waals surface area contributed by atoms with Crippen molar-refractivity contribution in [1.29, 1.82) is 0 Å². The van der Waals surface area contributed by atoms with Gasteiger partial charge in [-0.3, -0.25) is 14.9 Å². The summed E-state index contributed by atoms with van der Waals surface area (Å²) in [5.74, 6) is -0.353. The third kappa shape index (κ3) is 5.07. The van der Waals surface area contributed by atoms with Crippen LogP contribution in [0.2, 0.25) is 5.02 Å². The Morgan fingerprint density at radius 2 is 1.62 bits per heavy atom. The molecule has 0 unspecified atom stereocenters. The van der Waals surface area contributed by atoms with Gasteiger partial charge in [0.15, 0.2) is 0 Å². The third-order valence-electron chi connectivity index (χ3n) is 4.85. The molecule has 0 fully saturated rings. The molecule has 34 heavy (non-hydrogen) atoms. The Labute approximate surface area is 209 Å². The smallest absolute Gasteiger partial charge is 0.269 e. The van der Waals surface area contributed by atoms with Crippen molar-refractivity contribution < 1.29 is 9.72 Å². The number of nitrogen functional groups attached to an aromatic ring is 1. The average Bonchev–Trinajstić information content (AvgIpc) is 3.16. The lowest BCUT2D eigenvalue weighted by Crippen LogP contribution is -2.14. The number of para-hydroxylation sites is 1. The molecular formula is C24H17ClN4O3S2. The van der Waals surface area contributed by atoms with Gasteiger partial charge in [-0.2, -0.15) is 0 Å². The van der Waals surface area contributed by atoms with Gasteiger partial charge in [-0.25, -0.2) is 0 Å². The van der Waals surface area contributed by atoms with Crippen LogP contribution in [0, 0.1) is 10.1 Å². The van der Waals surface area contributed by atoms with Crippen LogP contribution >= 0.6 is 35.2 Å². The van der Waals surface area contributed by atoms with Crippen LogP contribution in [0.25, 0.3) is 0 Å². The van der Waals surface area contributed by atoms with Gasteiger partial charge in [0.05, 0.1) is 16.2 Å². The predicted molar refractivity (Wildman–Crippen MR) is 142 cm³/mol. The quantitative estimate of drug-likeness (QED) is 0.111. The van der Waals surface area contributed by atoms with Crippen LogP contribution in [0.15, 0.2) is 78.9 Å². The van der Waals surface area contributed by atoms with E-state index >= 15 is 0 Å². The number of nitro benzene ring substituents is 1. The van der Waals surface area contributed by atoms with Gasteiger partial charge < -0.3 is 16.4 Å². The van der Waals surface area contributed by atoms with E-state index in [9.17, 15) is 14.9 Å². The second kappa shape index (κ2) is 10.0. The summed E-state index contributed by atoms with van der Waals surface area (Å²) in [7, 11) is 0. The van der Waals surface area contributed by atoms with Crippen molar-refractivity contribution in [2.75, 3.05) is 16.4 Å². The summed E-state index contributed by atoms with van der Waals surface area (Å²) in [4.78, 5) is 24.3. The molecule has 0 aliphatic heterocycles. The van der Waals surface area contributed by atoms with E-state index in [1.807, 2.05) is 30.3 Å². The molecule has 1 heterocycles. The highest BCUT2D eigenvalue weighted by Gasteiger charge is 2.25. The predicted octanol–water partition coefficient (Wildman–Crippen LogP) is 6.65. The first-order valence-electron chi connectivity index (χ1n) is 9.94. The fraction of sp³-hybridized carbons (Fsp3) is 0. The lowest BCUT2D eigenvalue weighted by atomic mass is 10.1. The summed E-state index contributed by atoms with van der Waals surface area (Å²) in [5, 5.41) is 18.6. The molecule has 0 aliphatic rings. The van der Waals surface area contributed by atoms with Crippen LogP contribution in [-0.2, 0) is 0 Å². The Bertz CT molecular complexity index is 1370. The van der Waals surface area contributed by atoms with E-state index in [2.05, 4.69) is 10.6 Å². The van der Waals surface area contributed by atoms with Crippen LogP contribution in [-0.4, -0.2) is 15.7 Å². The fourth-order valence-electron chi connectivity index (χ4n) is 3.17. The number of nitro groups is 1. The van der Waals surface area contributed by atoms with E-state index in [0.29, 0.717) is 26.3 Å². The highest BCUT2D eigenvalue weighted by Crippen LogP contribution is 2.39. The lowest BCUT2D eigenvalue weighted by molar-refractivity contribution is -0.384. The van der Waals surface area contributed by atoms with Crippen LogP contribution in [0.3, 0.4) is 0 Å². The number of halogens is 1. The van der Waals surface area contributed by atoms with Crippen LogP contribution < -0.4 is 16.4 Å². The van der Waals surface area contributed by atoms with Crippen molar-refractivity contribution in [2.24, 2.45) is 0 Å². The number of hydrogen-bond donors (Lipinski definition) is 3. The molecule has 3 aromatic carbocycles. The van der Waals surface area contributed by atoms with E-state index < -0.39 is 4.92 Å². The molecule has 0 aliphatic carbocycles. The molecule has 0 spiro atoms. The molecule has 1 aromatic heterocycles. The zero-order valence-corrected chi connectivity index (χ0v) is 19.8. The molecule has 0 radical (unpaired) electrons. The molecule has 0 bridgehead atoms. The first kappa shape index (κ1) is 23.4. The summed E-state index contributed by atoms with van der Waals surface area (Å²) >= 11 is 12.8. The maximum atomic E-state index is 13.2. The number of nitrogens with zero attached hydrogens (tertiary/aromatic N) is 1. The number of ketones is 1. The SMILES string of the molecule is Nc1c(C(=O)c2ccc([N+](=O)[O-])cc2)sc(Nc2ccccc2)c1C(=S)Nc1ccc(Cl)cc1. The van der Waals surface area contributed by atoms with Gasteiger partial charge in [-0.1, -0.05) is 42.0 Å². The number of non-ortho nitro benzene ring substituents is 1. The van der Waals surface area contributed by atoms with Gasteiger partial charge in [0.1, 0.15) is 14.9 Å². The van der Waals surface area contributed by atoms with Crippen molar-refractivity contribution in [3.05, 3.63) is 110 Å². The van der Waals surface area contributed by atoms with Crippen molar-refractivity contribution >= 4 is 73.7 Å². The standard InChI is InChI=1S/C24H17ClN4O3S2/c25-15-8-10-17(11-9-15)27-23(33)19-20(26)22(34-24(19)28-16-4-2-1-3-5-16)21(30)14-6-12-18(13-7-14)29(31)32/h1-13,28H,26H2,(H,27,33). The monoisotopic (exact) mass is 508 g/mol. The highest BCUT2D eigenvalue weighted by atomic mass is 35.5. The first-order valence-corrected chi connectivity index (χ1v) is 11.5. The summed E-state index contributed by atoms with van der Waals surface area (Å²) in [5.41, 5.74) is 8.86. The zero-order valence-electron chi connectivity index (χ0n) is 17.4. The summed E-state index contributed by atoms with van der Waals surface area (Å²) in [6.45, 7) is 0. The molecule has 4 aromatic rings. The molecule has 4 rings (SSSR count). The van der Waals surface area contributed by atoms with Crippen molar-refractivity contribution in [3.63, 3.8) is 0 Å². The number of anilines is 4. The van der Waals surface area contributed by atoms with Crippen LogP contribution in [0.5, 0.6) is 0 Å². The molecule has 10 heteroatoms. The van der Waals surface area contributed by atoms with Gasteiger partial charge in [0, 0.05) is 34.1 Å². The van der Waals surface area contributed by atoms with Crippen molar-refractivity contribution in [1.82, 2.24) is 0 Å².